The van der Waals surface area contributed by atoms with E-state index in [9.17, 15) is 4.79 Å². The first kappa shape index (κ1) is 18.5. The molecule has 1 saturated carbocycles. The number of carbonyl (C=O) groups is 1. The number of nitrogens with two attached hydrogens (primary N) is 1. The summed E-state index contributed by atoms with van der Waals surface area (Å²) in [6, 6.07) is 17.9. The van der Waals surface area contributed by atoms with Gasteiger partial charge in [-0.3, -0.25) is 4.79 Å². The van der Waals surface area contributed by atoms with Crippen LogP contribution in [0.25, 0.3) is 0 Å². The van der Waals surface area contributed by atoms with Crippen molar-refractivity contribution in [3.63, 3.8) is 0 Å². The molecule has 1 aliphatic carbocycles. The minimum atomic E-state index is 0.0823. The van der Waals surface area contributed by atoms with Crippen molar-refractivity contribution in [2.45, 2.75) is 51.3 Å². The maximum absolute atomic E-state index is 13.2. The molecule has 4 nitrogen and oxygen atoms in total. The highest BCUT2D eigenvalue weighted by molar-refractivity contribution is 5.95. The Kier molecular flexibility index (Phi) is 6.29. The van der Waals surface area contributed by atoms with Crippen molar-refractivity contribution >= 4 is 5.91 Å². The number of amides is 1. The van der Waals surface area contributed by atoms with Crippen LogP contribution in [0.4, 0.5) is 0 Å². The number of para-hydroxylation sites is 1. The van der Waals surface area contributed by atoms with Gasteiger partial charge in [0.05, 0.1) is 0 Å². The van der Waals surface area contributed by atoms with Crippen LogP contribution in [0.5, 0.6) is 5.75 Å². The van der Waals surface area contributed by atoms with Gasteiger partial charge in [-0.15, -0.1) is 0 Å². The SMILES string of the molecule is CCN(C(=O)c1ccccc1COc1ccccc1)[C@@H]1CCC[C@H](N)C1. The van der Waals surface area contributed by atoms with E-state index in [-0.39, 0.29) is 18.0 Å². The van der Waals surface area contributed by atoms with Gasteiger partial charge in [0.2, 0.25) is 0 Å². The fourth-order valence-corrected chi connectivity index (χ4v) is 3.74. The maximum atomic E-state index is 13.2. The second-order valence-electron chi connectivity index (χ2n) is 6.93. The van der Waals surface area contributed by atoms with E-state index in [4.69, 9.17) is 10.5 Å². The lowest BCUT2D eigenvalue weighted by molar-refractivity contribution is 0.0635. The normalized spacial score (nSPS) is 19.8. The van der Waals surface area contributed by atoms with Crippen LogP contribution in [0, 0.1) is 0 Å². The molecule has 0 unspecified atom stereocenters. The Balaban J connectivity index is 1.75. The van der Waals surface area contributed by atoms with Gasteiger partial charge in [0.25, 0.3) is 5.91 Å². The molecule has 4 heteroatoms. The molecule has 0 saturated heterocycles. The Bertz CT molecular complexity index is 717. The zero-order valence-corrected chi connectivity index (χ0v) is 15.4. The van der Waals surface area contributed by atoms with Crippen LogP contribution in [0.15, 0.2) is 54.6 Å². The van der Waals surface area contributed by atoms with E-state index in [0.29, 0.717) is 13.2 Å². The summed E-state index contributed by atoms with van der Waals surface area (Å²) in [5.41, 5.74) is 7.78. The van der Waals surface area contributed by atoms with Gasteiger partial charge in [-0.25, -0.2) is 0 Å². The Hall–Kier alpha value is -2.33. The molecule has 2 atom stereocenters. The summed E-state index contributed by atoms with van der Waals surface area (Å²) in [6.45, 7) is 3.12. The summed E-state index contributed by atoms with van der Waals surface area (Å²) in [5.74, 6) is 0.888. The molecule has 0 spiro atoms. The topological polar surface area (TPSA) is 55.6 Å². The van der Waals surface area contributed by atoms with Gasteiger partial charge in [-0.05, 0) is 50.8 Å². The van der Waals surface area contributed by atoms with Gasteiger partial charge >= 0.3 is 0 Å². The molecule has 2 aromatic carbocycles. The van der Waals surface area contributed by atoms with Crippen molar-refractivity contribution in [3.05, 3.63) is 65.7 Å². The zero-order valence-electron chi connectivity index (χ0n) is 15.4. The number of benzene rings is 2. The lowest BCUT2D eigenvalue weighted by Gasteiger charge is -2.36. The molecule has 1 fully saturated rings. The standard InChI is InChI=1S/C22H28N2O2/c1-2-24(19-11-8-10-18(23)15-19)22(25)21-14-7-6-9-17(21)16-26-20-12-4-3-5-13-20/h3-7,9,12-14,18-19H,2,8,10-11,15-16,23H2,1H3/t18-,19+/m0/s1. The first-order valence-electron chi connectivity index (χ1n) is 9.51. The highest BCUT2D eigenvalue weighted by atomic mass is 16.5. The average molecular weight is 352 g/mol. The monoisotopic (exact) mass is 352 g/mol. The molecule has 26 heavy (non-hydrogen) atoms. The van der Waals surface area contributed by atoms with E-state index in [2.05, 4.69) is 0 Å². The Morgan fingerprint density at radius 2 is 1.85 bits per heavy atom. The average Bonchev–Trinajstić information content (AvgIpc) is 2.68. The summed E-state index contributed by atoms with van der Waals surface area (Å²) in [6.07, 6.45) is 4.08. The van der Waals surface area contributed by atoms with Gasteiger partial charge < -0.3 is 15.4 Å². The molecule has 2 N–H and O–H groups in total. The van der Waals surface area contributed by atoms with E-state index in [0.717, 1.165) is 42.6 Å². The first-order chi connectivity index (χ1) is 12.7. The lowest BCUT2D eigenvalue weighted by Crippen LogP contribution is -2.45. The van der Waals surface area contributed by atoms with Crippen LogP contribution < -0.4 is 10.5 Å². The molecule has 0 radical (unpaired) electrons. The predicted octanol–water partition coefficient (Wildman–Crippen LogP) is 4.00. The predicted molar refractivity (Wildman–Crippen MR) is 104 cm³/mol. The van der Waals surface area contributed by atoms with Crippen LogP contribution in [0.2, 0.25) is 0 Å². The second-order valence-corrected chi connectivity index (χ2v) is 6.93. The third kappa shape index (κ3) is 4.44. The van der Waals surface area contributed by atoms with Gasteiger partial charge in [0.1, 0.15) is 12.4 Å². The fourth-order valence-electron chi connectivity index (χ4n) is 3.74. The third-order valence-corrected chi connectivity index (χ3v) is 5.11. The maximum Gasteiger partial charge on any atom is 0.254 e. The molecular formula is C22H28N2O2. The van der Waals surface area contributed by atoms with Crippen molar-refractivity contribution in [1.82, 2.24) is 4.90 Å². The van der Waals surface area contributed by atoms with Gasteiger partial charge in [0.15, 0.2) is 0 Å². The number of hydrogen-bond donors (Lipinski definition) is 1. The van der Waals surface area contributed by atoms with Gasteiger partial charge in [-0.2, -0.15) is 0 Å². The van der Waals surface area contributed by atoms with Crippen LogP contribution in [0.3, 0.4) is 0 Å². The molecule has 3 rings (SSSR count). The Morgan fingerprint density at radius 1 is 1.12 bits per heavy atom. The molecular weight excluding hydrogens is 324 g/mol. The fraction of sp³-hybridized carbons (Fsp3) is 0.409. The third-order valence-electron chi connectivity index (χ3n) is 5.11. The van der Waals surface area contributed by atoms with E-state index < -0.39 is 0 Å². The number of nitrogens with zero attached hydrogens (tertiary/aromatic N) is 1. The Morgan fingerprint density at radius 3 is 2.58 bits per heavy atom. The second kappa shape index (κ2) is 8.86. The summed E-state index contributed by atoms with van der Waals surface area (Å²) in [7, 11) is 0. The van der Waals surface area contributed by atoms with E-state index in [1.807, 2.05) is 66.4 Å². The molecule has 2 aromatic rings. The minimum Gasteiger partial charge on any atom is -0.489 e. The smallest absolute Gasteiger partial charge is 0.254 e. The van der Waals surface area contributed by atoms with Crippen molar-refractivity contribution in [2.24, 2.45) is 5.73 Å². The molecule has 1 amide bonds. The largest absolute Gasteiger partial charge is 0.489 e. The minimum absolute atomic E-state index is 0.0823. The Labute approximate surface area is 156 Å². The summed E-state index contributed by atoms with van der Waals surface area (Å²) < 4.78 is 5.87. The van der Waals surface area contributed by atoms with Crippen molar-refractivity contribution in [2.75, 3.05) is 6.54 Å². The first-order valence-corrected chi connectivity index (χ1v) is 9.51. The summed E-state index contributed by atoms with van der Waals surface area (Å²) in [4.78, 5) is 15.2. The molecule has 0 bridgehead atoms. The van der Waals surface area contributed by atoms with E-state index in [1.54, 1.807) is 0 Å². The molecule has 1 aliphatic rings. The summed E-state index contributed by atoms with van der Waals surface area (Å²) >= 11 is 0. The molecule has 0 aliphatic heterocycles. The van der Waals surface area contributed by atoms with Crippen molar-refractivity contribution in [1.29, 1.82) is 0 Å². The van der Waals surface area contributed by atoms with E-state index >= 15 is 0 Å². The zero-order chi connectivity index (χ0) is 18.4. The number of hydrogen-bond acceptors (Lipinski definition) is 3. The highest BCUT2D eigenvalue weighted by Crippen LogP contribution is 2.25. The number of rotatable bonds is 6. The van der Waals surface area contributed by atoms with Crippen LogP contribution in [0.1, 0.15) is 48.5 Å². The number of carbonyl (C=O) groups excluding carboxylic acids is 1. The highest BCUT2D eigenvalue weighted by Gasteiger charge is 2.28. The van der Waals surface area contributed by atoms with Crippen molar-refractivity contribution < 1.29 is 9.53 Å². The van der Waals surface area contributed by atoms with Gasteiger partial charge in [0, 0.05) is 29.8 Å². The van der Waals surface area contributed by atoms with Crippen molar-refractivity contribution in [3.8, 4) is 5.75 Å². The quantitative estimate of drug-likeness (QED) is 0.855. The molecule has 0 aromatic heterocycles. The van der Waals surface area contributed by atoms with E-state index in [1.165, 1.54) is 0 Å². The summed E-state index contributed by atoms with van der Waals surface area (Å²) in [5, 5.41) is 0. The lowest BCUT2D eigenvalue weighted by atomic mass is 9.90. The van der Waals surface area contributed by atoms with Crippen LogP contribution in [-0.4, -0.2) is 29.4 Å². The molecule has 138 valence electrons. The van der Waals surface area contributed by atoms with Crippen LogP contribution >= 0.6 is 0 Å². The van der Waals surface area contributed by atoms with Gasteiger partial charge in [-0.1, -0.05) is 36.4 Å². The molecule has 0 heterocycles. The number of ether oxygens (including phenoxy) is 1. The van der Waals surface area contributed by atoms with Crippen LogP contribution in [-0.2, 0) is 6.61 Å².